The Morgan fingerprint density at radius 3 is 2.48 bits per heavy atom. The van der Waals surface area contributed by atoms with E-state index in [1.54, 1.807) is 0 Å². The summed E-state index contributed by atoms with van der Waals surface area (Å²) in [6.45, 7) is 3.52. The van der Waals surface area contributed by atoms with Gasteiger partial charge in [0.2, 0.25) is 5.91 Å². The molecule has 2 aromatic rings. The molecular weight excluding hydrogens is 360 g/mol. The smallest absolute Gasteiger partial charge is 0.226 e. The van der Waals surface area contributed by atoms with E-state index in [9.17, 15) is 4.79 Å². The van der Waals surface area contributed by atoms with Crippen LogP contribution in [0.2, 0.25) is 0 Å². The Labute approximate surface area is 174 Å². The minimum Gasteiger partial charge on any atom is -0.489 e. The molecule has 0 aromatic heterocycles. The van der Waals surface area contributed by atoms with Crippen molar-refractivity contribution < 1.29 is 9.53 Å². The zero-order valence-electron chi connectivity index (χ0n) is 17.3. The van der Waals surface area contributed by atoms with Gasteiger partial charge in [0.25, 0.3) is 0 Å². The molecule has 2 unspecified atom stereocenters. The van der Waals surface area contributed by atoms with Crippen molar-refractivity contribution in [2.24, 2.45) is 11.8 Å². The molecule has 2 aliphatic rings. The topological polar surface area (TPSA) is 41.6 Å². The third kappa shape index (κ3) is 5.18. The highest BCUT2D eigenvalue weighted by Gasteiger charge is 2.46. The molecule has 4 nitrogen and oxygen atoms in total. The minimum absolute atomic E-state index is 0.181. The molecule has 1 aliphatic carbocycles. The van der Waals surface area contributed by atoms with Gasteiger partial charge in [0, 0.05) is 19.0 Å². The van der Waals surface area contributed by atoms with Crippen LogP contribution in [0.4, 0.5) is 0 Å². The summed E-state index contributed by atoms with van der Waals surface area (Å²) in [4.78, 5) is 15.0. The number of hydrogen-bond donors (Lipinski definition) is 1. The fourth-order valence-electron chi connectivity index (χ4n) is 4.41. The number of hydrogen-bond acceptors (Lipinski definition) is 3. The van der Waals surface area contributed by atoms with E-state index in [2.05, 4.69) is 34.5 Å². The van der Waals surface area contributed by atoms with Crippen LogP contribution in [0.25, 0.3) is 0 Å². The summed E-state index contributed by atoms with van der Waals surface area (Å²) in [6, 6.07) is 18.5. The van der Waals surface area contributed by atoms with Gasteiger partial charge in [0.1, 0.15) is 12.4 Å². The number of ether oxygens (including phenoxy) is 1. The predicted molar refractivity (Wildman–Crippen MR) is 116 cm³/mol. The average molecular weight is 393 g/mol. The molecule has 29 heavy (non-hydrogen) atoms. The van der Waals surface area contributed by atoms with Crippen LogP contribution < -0.4 is 10.1 Å². The van der Waals surface area contributed by atoms with E-state index >= 15 is 0 Å². The zero-order chi connectivity index (χ0) is 20.1. The second kappa shape index (κ2) is 9.45. The number of carbonyl (C=O) groups is 1. The molecule has 2 aromatic carbocycles. The molecule has 4 heteroatoms. The number of likely N-dealkylation sites (tertiary alicyclic amines) is 1. The summed E-state index contributed by atoms with van der Waals surface area (Å²) < 4.78 is 5.87. The second-order valence-corrected chi connectivity index (χ2v) is 8.45. The Bertz CT molecular complexity index is 782. The van der Waals surface area contributed by atoms with Gasteiger partial charge < -0.3 is 15.0 Å². The molecule has 1 N–H and O–H groups in total. The molecular formula is C25H32N2O2. The number of amides is 1. The van der Waals surface area contributed by atoms with Gasteiger partial charge in [-0.3, -0.25) is 4.79 Å². The molecule has 4 rings (SSSR count). The van der Waals surface area contributed by atoms with Gasteiger partial charge in [-0.05, 0) is 74.4 Å². The average Bonchev–Trinajstić information content (AvgIpc) is 3.58. The number of piperidine rings is 1. The van der Waals surface area contributed by atoms with Crippen LogP contribution in [0.5, 0.6) is 5.75 Å². The maximum Gasteiger partial charge on any atom is 0.226 e. The van der Waals surface area contributed by atoms with Crippen LogP contribution in [-0.2, 0) is 11.4 Å². The van der Waals surface area contributed by atoms with Crippen LogP contribution in [0.15, 0.2) is 54.6 Å². The van der Waals surface area contributed by atoms with E-state index in [4.69, 9.17) is 4.74 Å². The summed E-state index contributed by atoms with van der Waals surface area (Å²) in [6.07, 6.45) is 4.52. The number of benzene rings is 2. The number of nitrogens with zero attached hydrogens (tertiary/aromatic N) is 1. The van der Waals surface area contributed by atoms with Crippen molar-refractivity contribution in [3.05, 3.63) is 65.7 Å². The van der Waals surface area contributed by atoms with Crippen LogP contribution in [-0.4, -0.2) is 37.5 Å². The highest BCUT2D eigenvalue weighted by atomic mass is 16.5. The Morgan fingerprint density at radius 1 is 1.07 bits per heavy atom. The Morgan fingerprint density at radius 2 is 1.79 bits per heavy atom. The second-order valence-electron chi connectivity index (χ2n) is 8.45. The van der Waals surface area contributed by atoms with E-state index in [-0.39, 0.29) is 5.92 Å². The van der Waals surface area contributed by atoms with Crippen molar-refractivity contribution in [3.63, 3.8) is 0 Å². The van der Waals surface area contributed by atoms with E-state index in [1.807, 2.05) is 37.4 Å². The van der Waals surface area contributed by atoms with Gasteiger partial charge in [0.05, 0.1) is 0 Å². The van der Waals surface area contributed by atoms with E-state index in [0.717, 1.165) is 50.6 Å². The summed E-state index contributed by atoms with van der Waals surface area (Å²) in [5.41, 5.74) is 2.43. The lowest BCUT2D eigenvalue weighted by atomic mass is 9.93. The van der Waals surface area contributed by atoms with Crippen LogP contribution in [0.3, 0.4) is 0 Å². The van der Waals surface area contributed by atoms with Gasteiger partial charge in [0.15, 0.2) is 0 Å². The van der Waals surface area contributed by atoms with Crippen molar-refractivity contribution in [1.29, 1.82) is 0 Å². The quantitative estimate of drug-likeness (QED) is 0.731. The number of rotatable bonds is 8. The summed E-state index contributed by atoms with van der Waals surface area (Å²) in [7, 11) is 2.01. The van der Waals surface area contributed by atoms with Gasteiger partial charge in [-0.25, -0.2) is 0 Å². The molecule has 1 aliphatic heterocycles. The Kier molecular flexibility index (Phi) is 6.50. The van der Waals surface area contributed by atoms with E-state index in [0.29, 0.717) is 18.4 Å². The molecule has 1 amide bonds. The lowest BCUT2D eigenvalue weighted by Crippen LogP contribution is -2.40. The lowest BCUT2D eigenvalue weighted by Gasteiger charge is -2.32. The van der Waals surface area contributed by atoms with Gasteiger partial charge in [-0.2, -0.15) is 0 Å². The highest BCUT2D eigenvalue weighted by Crippen LogP contribution is 2.49. The normalized spacial score (nSPS) is 21.8. The first kappa shape index (κ1) is 20.0. The molecule has 0 spiro atoms. The standard InChI is InChI=1S/C25H32N2O2/c1-26-14-11-19-12-15-27(16-13-19)25(28)24-17-23(24)21-7-9-22(10-8-21)29-18-20-5-3-2-4-6-20/h2-10,19,23-24,26H,11-18H2,1H3. The molecule has 0 bridgehead atoms. The van der Waals surface area contributed by atoms with Gasteiger partial charge in [-0.15, -0.1) is 0 Å². The molecule has 2 atom stereocenters. The zero-order valence-corrected chi connectivity index (χ0v) is 17.3. The van der Waals surface area contributed by atoms with Gasteiger partial charge >= 0.3 is 0 Å². The van der Waals surface area contributed by atoms with E-state index < -0.39 is 0 Å². The van der Waals surface area contributed by atoms with Crippen molar-refractivity contribution in [1.82, 2.24) is 10.2 Å². The van der Waals surface area contributed by atoms with Crippen molar-refractivity contribution in [2.45, 2.75) is 38.2 Å². The fraction of sp³-hybridized carbons (Fsp3) is 0.480. The SMILES string of the molecule is CNCCC1CCN(C(=O)C2CC2c2ccc(OCc3ccccc3)cc2)CC1. The van der Waals surface area contributed by atoms with Gasteiger partial charge in [-0.1, -0.05) is 42.5 Å². The number of nitrogens with one attached hydrogen (secondary N) is 1. The molecule has 1 heterocycles. The summed E-state index contributed by atoms with van der Waals surface area (Å²) >= 11 is 0. The first-order valence-electron chi connectivity index (χ1n) is 10.9. The highest BCUT2D eigenvalue weighted by molar-refractivity contribution is 5.83. The van der Waals surface area contributed by atoms with Crippen molar-refractivity contribution in [2.75, 3.05) is 26.7 Å². The lowest BCUT2D eigenvalue weighted by molar-refractivity contribution is -0.134. The maximum absolute atomic E-state index is 12.9. The first-order valence-corrected chi connectivity index (χ1v) is 10.9. The molecule has 1 saturated heterocycles. The molecule has 0 radical (unpaired) electrons. The monoisotopic (exact) mass is 392 g/mol. The minimum atomic E-state index is 0.181. The maximum atomic E-state index is 12.9. The Balaban J connectivity index is 1.24. The number of carbonyl (C=O) groups excluding carboxylic acids is 1. The fourth-order valence-corrected chi connectivity index (χ4v) is 4.41. The van der Waals surface area contributed by atoms with E-state index in [1.165, 1.54) is 17.5 Å². The molecule has 154 valence electrons. The van der Waals surface area contributed by atoms with Crippen molar-refractivity contribution >= 4 is 5.91 Å². The van der Waals surface area contributed by atoms with Crippen LogP contribution in [0, 0.1) is 11.8 Å². The third-order valence-corrected chi connectivity index (χ3v) is 6.39. The first-order chi connectivity index (χ1) is 14.2. The molecule has 2 fully saturated rings. The summed E-state index contributed by atoms with van der Waals surface area (Å²) in [5, 5.41) is 3.23. The Hall–Kier alpha value is -2.33. The third-order valence-electron chi connectivity index (χ3n) is 6.39. The van der Waals surface area contributed by atoms with Crippen LogP contribution >= 0.6 is 0 Å². The van der Waals surface area contributed by atoms with Crippen molar-refractivity contribution in [3.8, 4) is 5.75 Å². The predicted octanol–water partition coefficient (Wildman–Crippen LogP) is 4.22. The summed E-state index contributed by atoms with van der Waals surface area (Å²) in [5.74, 6) is 2.58. The largest absolute Gasteiger partial charge is 0.489 e. The molecule has 1 saturated carbocycles. The van der Waals surface area contributed by atoms with Crippen LogP contribution in [0.1, 0.15) is 42.7 Å².